The molecule has 6 heteroatoms. The Hall–Kier alpha value is -2.40. The zero-order valence-electron chi connectivity index (χ0n) is 15.4. The largest absolute Gasteiger partial charge is 0.502 e. The smallest absolute Gasteiger partial charge is 0.288 e. The Bertz CT molecular complexity index is 1050. The molecule has 0 fully saturated rings. The standard InChI is InChI=1S/C22H18Cl2N2OS/c1-14-7-6-8-15(2)19(14)25-22(28)20(26-11-4-3-5-12-26)21(27)17-10-9-16(23)13-18(17)24/h3-13H,1-2H3,(H-,25,27,28)/p+1. The summed E-state index contributed by atoms with van der Waals surface area (Å²) in [4.78, 5) is 0.372. The summed E-state index contributed by atoms with van der Waals surface area (Å²) >= 11 is 18.0. The monoisotopic (exact) mass is 429 g/mol. The maximum atomic E-state index is 11.1. The minimum absolute atomic E-state index is 0.0402. The Morgan fingerprint density at radius 2 is 1.61 bits per heavy atom. The second-order valence-electron chi connectivity index (χ2n) is 6.33. The molecule has 0 aliphatic carbocycles. The average Bonchev–Trinajstić information content (AvgIpc) is 2.66. The van der Waals surface area contributed by atoms with Crippen molar-refractivity contribution in [2.24, 2.45) is 0 Å². The maximum absolute atomic E-state index is 11.1. The molecule has 1 heterocycles. The summed E-state index contributed by atoms with van der Waals surface area (Å²) in [6.45, 7) is 4.01. The molecular weight excluding hydrogens is 411 g/mol. The Kier molecular flexibility index (Phi) is 6.35. The molecule has 0 radical (unpaired) electrons. The van der Waals surface area contributed by atoms with Crippen molar-refractivity contribution in [2.75, 3.05) is 5.32 Å². The number of hydrogen-bond acceptors (Lipinski definition) is 2. The van der Waals surface area contributed by atoms with Crippen LogP contribution in [-0.4, -0.2) is 10.1 Å². The first-order valence-corrected chi connectivity index (χ1v) is 9.78. The van der Waals surface area contributed by atoms with E-state index in [9.17, 15) is 5.11 Å². The highest BCUT2D eigenvalue weighted by Crippen LogP contribution is 2.29. The van der Waals surface area contributed by atoms with E-state index in [0.29, 0.717) is 26.3 Å². The van der Waals surface area contributed by atoms with E-state index >= 15 is 0 Å². The number of aliphatic hydroxyl groups excluding tert-OH is 1. The highest BCUT2D eigenvalue weighted by atomic mass is 35.5. The van der Waals surface area contributed by atoms with Crippen LogP contribution >= 0.6 is 35.4 Å². The van der Waals surface area contributed by atoms with Gasteiger partial charge < -0.3 is 10.4 Å². The van der Waals surface area contributed by atoms with Gasteiger partial charge in [-0.1, -0.05) is 59.7 Å². The van der Waals surface area contributed by atoms with Gasteiger partial charge >= 0.3 is 0 Å². The first-order valence-electron chi connectivity index (χ1n) is 8.61. The van der Waals surface area contributed by atoms with Crippen LogP contribution in [0.4, 0.5) is 5.69 Å². The van der Waals surface area contributed by atoms with Crippen LogP contribution in [0, 0.1) is 13.8 Å². The van der Waals surface area contributed by atoms with Gasteiger partial charge in [0, 0.05) is 28.4 Å². The number of pyridine rings is 1. The van der Waals surface area contributed by atoms with Crippen LogP contribution in [0.2, 0.25) is 10.0 Å². The molecule has 3 rings (SSSR count). The molecule has 0 aliphatic rings. The Balaban J connectivity index is 2.13. The lowest BCUT2D eigenvalue weighted by Crippen LogP contribution is -2.38. The van der Waals surface area contributed by atoms with Crippen LogP contribution in [0.3, 0.4) is 0 Å². The van der Waals surface area contributed by atoms with Crippen molar-refractivity contribution >= 4 is 57.6 Å². The Morgan fingerprint density at radius 1 is 0.964 bits per heavy atom. The van der Waals surface area contributed by atoms with Gasteiger partial charge in [0.1, 0.15) is 0 Å². The fourth-order valence-corrected chi connectivity index (χ4v) is 3.69. The lowest BCUT2D eigenvalue weighted by Gasteiger charge is -2.14. The SMILES string of the molecule is Cc1cccc(C)c1NC(=S)/C(=C(\O)c1ccc(Cl)cc1Cl)[n+]1ccccc1. The second kappa shape index (κ2) is 8.74. The third-order valence-corrected chi connectivity index (χ3v) is 5.16. The summed E-state index contributed by atoms with van der Waals surface area (Å²) in [5.74, 6) is -0.0402. The highest BCUT2D eigenvalue weighted by Gasteiger charge is 2.25. The van der Waals surface area contributed by atoms with Gasteiger partial charge in [0.05, 0.1) is 5.02 Å². The zero-order chi connectivity index (χ0) is 20.3. The number of nitrogens with zero attached hydrogens (tertiary/aromatic N) is 1. The normalized spacial score (nSPS) is 11.7. The zero-order valence-corrected chi connectivity index (χ0v) is 17.7. The minimum atomic E-state index is -0.0402. The summed E-state index contributed by atoms with van der Waals surface area (Å²) in [6, 6.07) is 16.6. The number of aliphatic hydroxyl groups is 1. The van der Waals surface area contributed by atoms with Crippen LogP contribution in [0.15, 0.2) is 67.0 Å². The van der Waals surface area contributed by atoms with E-state index in [2.05, 4.69) is 5.32 Å². The van der Waals surface area contributed by atoms with Gasteiger partial charge in [-0.2, -0.15) is 4.57 Å². The van der Waals surface area contributed by atoms with Gasteiger partial charge in [-0.15, -0.1) is 0 Å². The molecule has 0 spiro atoms. The summed E-state index contributed by atoms with van der Waals surface area (Å²) in [6.07, 6.45) is 3.63. The fraction of sp³-hybridized carbons (Fsp3) is 0.0909. The quantitative estimate of drug-likeness (QED) is 0.223. The molecule has 1 aromatic heterocycles. The summed E-state index contributed by atoms with van der Waals surface area (Å²) in [5, 5.41) is 15.2. The number of para-hydroxylation sites is 1. The van der Waals surface area contributed by atoms with Gasteiger partial charge in [0.2, 0.25) is 5.76 Å². The number of anilines is 1. The second-order valence-corrected chi connectivity index (χ2v) is 7.58. The molecule has 2 aromatic carbocycles. The molecule has 0 aliphatic heterocycles. The molecule has 3 nitrogen and oxygen atoms in total. The van der Waals surface area contributed by atoms with Crippen molar-refractivity contribution in [2.45, 2.75) is 13.8 Å². The predicted octanol–water partition coefficient (Wildman–Crippen LogP) is 6.22. The van der Waals surface area contributed by atoms with E-state index in [1.54, 1.807) is 22.8 Å². The van der Waals surface area contributed by atoms with Crippen molar-refractivity contribution in [3.63, 3.8) is 0 Å². The summed E-state index contributed by atoms with van der Waals surface area (Å²) in [7, 11) is 0. The van der Waals surface area contributed by atoms with Gasteiger partial charge in [0.15, 0.2) is 17.4 Å². The number of thiocarbonyl (C=S) groups is 1. The first kappa shape index (κ1) is 20.3. The van der Waals surface area contributed by atoms with Crippen molar-refractivity contribution in [1.29, 1.82) is 0 Å². The van der Waals surface area contributed by atoms with Crippen LogP contribution in [0.1, 0.15) is 16.7 Å². The fourth-order valence-electron chi connectivity index (χ4n) is 2.89. The Labute approximate surface area is 179 Å². The average molecular weight is 430 g/mol. The van der Waals surface area contributed by atoms with E-state index in [4.69, 9.17) is 35.4 Å². The molecule has 0 saturated carbocycles. The van der Waals surface area contributed by atoms with Gasteiger partial charge in [-0.25, -0.2) is 0 Å². The number of benzene rings is 2. The highest BCUT2D eigenvalue weighted by molar-refractivity contribution is 7.81. The number of aryl methyl sites for hydroxylation is 2. The summed E-state index contributed by atoms with van der Waals surface area (Å²) in [5.41, 5.74) is 3.90. The molecule has 3 aromatic rings. The topological polar surface area (TPSA) is 36.1 Å². The van der Waals surface area contributed by atoms with E-state index in [1.807, 2.05) is 62.6 Å². The van der Waals surface area contributed by atoms with Crippen LogP contribution in [-0.2, 0) is 0 Å². The third kappa shape index (κ3) is 4.36. The molecule has 0 atom stereocenters. The first-order chi connectivity index (χ1) is 13.4. The van der Waals surface area contributed by atoms with E-state index in [1.165, 1.54) is 0 Å². The lowest BCUT2D eigenvalue weighted by molar-refractivity contribution is -0.575. The molecule has 142 valence electrons. The van der Waals surface area contributed by atoms with Crippen molar-refractivity contribution in [3.8, 4) is 0 Å². The number of aromatic nitrogens is 1. The maximum Gasteiger partial charge on any atom is 0.288 e. The molecule has 0 unspecified atom stereocenters. The molecular formula is C22H19Cl2N2OS+. The Morgan fingerprint density at radius 3 is 2.21 bits per heavy atom. The van der Waals surface area contributed by atoms with Gasteiger partial charge in [-0.3, -0.25) is 0 Å². The van der Waals surface area contributed by atoms with Crippen LogP contribution < -0.4 is 9.88 Å². The molecule has 0 bridgehead atoms. The van der Waals surface area contributed by atoms with Crippen LogP contribution in [0.25, 0.3) is 11.5 Å². The van der Waals surface area contributed by atoms with Crippen molar-refractivity contribution < 1.29 is 9.67 Å². The molecule has 0 amide bonds. The van der Waals surface area contributed by atoms with E-state index in [0.717, 1.165) is 16.8 Å². The molecule has 28 heavy (non-hydrogen) atoms. The number of nitrogens with one attached hydrogen (secondary N) is 1. The van der Waals surface area contributed by atoms with Gasteiger partial charge in [-0.05, 0) is 43.2 Å². The number of halogens is 2. The van der Waals surface area contributed by atoms with Gasteiger partial charge in [0.25, 0.3) is 5.70 Å². The predicted molar refractivity (Wildman–Crippen MR) is 121 cm³/mol. The number of rotatable bonds is 4. The lowest BCUT2D eigenvalue weighted by atomic mass is 10.1. The van der Waals surface area contributed by atoms with Crippen LogP contribution in [0.5, 0.6) is 0 Å². The third-order valence-electron chi connectivity index (χ3n) is 4.32. The molecule has 0 saturated heterocycles. The number of hydrogen-bond donors (Lipinski definition) is 2. The minimum Gasteiger partial charge on any atom is -0.502 e. The van der Waals surface area contributed by atoms with Crippen molar-refractivity contribution in [3.05, 3.63) is 93.7 Å². The molecule has 2 N–H and O–H groups in total. The van der Waals surface area contributed by atoms with E-state index in [-0.39, 0.29) is 5.76 Å². The summed E-state index contributed by atoms with van der Waals surface area (Å²) < 4.78 is 1.75. The van der Waals surface area contributed by atoms with Crippen molar-refractivity contribution in [1.82, 2.24) is 0 Å². The van der Waals surface area contributed by atoms with E-state index < -0.39 is 0 Å².